The highest BCUT2D eigenvalue weighted by atomic mass is 16.5. The fourth-order valence-electron chi connectivity index (χ4n) is 2.36. The van der Waals surface area contributed by atoms with Crippen molar-refractivity contribution in [3.8, 4) is 5.75 Å². The first-order valence-electron chi connectivity index (χ1n) is 7.11. The van der Waals surface area contributed by atoms with E-state index in [0.29, 0.717) is 13.1 Å². The summed E-state index contributed by atoms with van der Waals surface area (Å²) in [7, 11) is 1.62. The van der Waals surface area contributed by atoms with Crippen molar-refractivity contribution in [1.29, 1.82) is 0 Å². The molecule has 1 aliphatic rings. The van der Waals surface area contributed by atoms with Gasteiger partial charge in [0.1, 0.15) is 5.75 Å². The largest absolute Gasteiger partial charge is 0.497 e. The monoisotopic (exact) mass is 299 g/mol. The number of methoxy groups -OCH3 is 1. The summed E-state index contributed by atoms with van der Waals surface area (Å²) in [6.07, 6.45) is 3.48. The molecule has 0 saturated carbocycles. The van der Waals surface area contributed by atoms with Crippen LogP contribution in [0, 0.1) is 0 Å². The number of urea groups is 1. The fraction of sp³-hybridized carbons (Fsp3) is 0.294. The second-order valence-electron chi connectivity index (χ2n) is 5.05. The maximum atomic E-state index is 12.6. The minimum absolute atomic E-state index is 0.0231. The van der Waals surface area contributed by atoms with Gasteiger partial charge in [-0.1, -0.05) is 6.07 Å². The Morgan fingerprint density at radius 2 is 2.14 bits per heavy atom. The lowest BCUT2D eigenvalue weighted by atomic mass is 10.2. The van der Waals surface area contributed by atoms with Crippen LogP contribution in [0.2, 0.25) is 0 Å². The van der Waals surface area contributed by atoms with E-state index in [1.54, 1.807) is 23.1 Å². The van der Waals surface area contributed by atoms with Gasteiger partial charge in [0.25, 0.3) is 0 Å². The number of benzene rings is 1. The molecule has 0 radical (unpaired) electrons. The van der Waals surface area contributed by atoms with E-state index < -0.39 is 0 Å². The third-order valence-electron chi connectivity index (χ3n) is 3.78. The van der Waals surface area contributed by atoms with Crippen molar-refractivity contribution < 1.29 is 9.53 Å². The van der Waals surface area contributed by atoms with Crippen molar-refractivity contribution in [3.05, 3.63) is 47.8 Å². The van der Waals surface area contributed by atoms with Crippen LogP contribution in [0.25, 0.3) is 0 Å². The Hall–Kier alpha value is -2.56. The lowest BCUT2D eigenvalue weighted by Crippen LogP contribution is -2.31. The van der Waals surface area contributed by atoms with Crippen LogP contribution in [0.15, 0.2) is 52.8 Å². The maximum Gasteiger partial charge on any atom is 0.328 e. The molecule has 5 nitrogen and oxygen atoms in total. The van der Waals surface area contributed by atoms with Gasteiger partial charge >= 0.3 is 6.03 Å². The summed E-state index contributed by atoms with van der Waals surface area (Å²) in [5.74, 6) is 0.743. The Kier molecular flexibility index (Phi) is 4.99. The average Bonchev–Trinajstić information content (AvgIpc) is 2.93. The first-order valence-corrected chi connectivity index (χ1v) is 7.11. The van der Waals surface area contributed by atoms with Crippen LogP contribution in [0.1, 0.15) is 13.8 Å². The third kappa shape index (κ3) is 3.19. The average molecular weight is 299 g/mol. The van der Waals surface area contributed by atoms with E-state index in [0.717, 1.165) is 22.7 Å². The molecule has 1 aromatic rings. The number of allylic oxidation sites excluding steroid dienone is 3. The molecule has 1 heterocycles. The maximum absolute atomic E-state index is 12.6. The zero-order valence-electron chi connectivity index (χ0n) is 13.2. The van der Waals surface area contributed by atoms with Gasteiger partial charge in [0, 0.05) is 36.7 Å². The molecule has 1 saturated heterocycles. The minimum atomic E-state index is -0.0231. The minimum Gasteiger partial charge on any atom is -0.497 e. The molecule has 1 fully saturated rings. The Bertz CT molecular complexity index is 635. The zero-order chi connectivity index (χ0) is 16.1. The molecule has 0 spiro atoms. The predicted octanol–water partition coefficient (Wildman–Crippen LogP) is 3.45. The van der Waals surface area contributed by atoms with Crippen molar-refractivity contribution in [2.75, 3.05) is 25.1 Å². The van der Waals surface area contributed by atoms with Gasteiger partial charge in [-0.05, 0) is 44.3 Å². The zero-order valence-corrected chi connectivity index (χ0v) is 13.2. The van der Waals surface area contributed by atoms with E-state index in [4.69, 9.17) is 4.74 Å². The van der Waals surface area contributed by atoms with E-state index in [9.17, 15) is 4.79 Å². The molecule has 1 aliphatic heterocycles. The summed E-state index contributed by atoms with van der Waals surface area (Å²) in [5, 5.41) is 0. The van der Waals surface area contributed by atoms with Crippen molar-refractivity contribution in [3.63, 3.8) is 0 Å². The molecule has 116 valence electrons. The molecule has 2 amide bonds. The molecule has 0 unspecified atom stereocenters. The van der Waals surface area contributed by atoms with Gasteiger partial charge in [0.05, 0.1) is 7.11 Å². The van der Waals surface area contributed by atoms with Crippen LogP contribution in [0.4, 0.5) is 10.5 Å². The van der Waals surface area contributed by atoms with Crippen molar-refractivity contribution in [2.45, 2.75) is 13.8 Å². The van der Waals surface area contributed by atoms with Gasteiger partial charge in [-0.15, -0.1) is 0 Å². The van der Waals surface area contributed by atoms with E-state index in [1.165, 1.54) is 0 Å². The van der Waals surface area contributed by atoms with Crippen LogP contribution in [-0.2, 0) is 0 Å². The first-order chi connectivity index (χ1) is 10.6. The second kappa shape index (κ2) is 6.93. The normalized spacial score (nSPS) is 16.2. The number of aliphatic imine (C=N–C) groups is 1. The van der Waals surface area contributed by atoms with E-state index in [2.05, 4.69) is 11.7 Å². The van der Waals surface area contributed by atoms with Gasteiger partial charge in [-0.3, -0.25) is 14.8 Å². The molecule has 0 bridgehead atoms. The Labute approximate surface area is 131 Å². The number of hydrogen-bond acceptors (Lipinski definition) is 3. The van der Waals surface area contributed by atoms with Crippen LogP contribution >= 0.6 is 0 Å². The van der Waals surface area contributed by atoms with Crippen LogP contribution in [0.3, 0.4) is 0 Å². The Morgan fingerprint density at radius 1 is 1.36 bits per heavy atom. The van der Waals surface area contributed by atoms with E-state index in [-0.39, 0.29) is 6.03 Å². The quantitative estimate of drug-likeness (QED) is 0.617. The van der Waals surface area contributed by atoms with Crippen molar-refractivity contribution >= 4 is 18.4 Å². The molecule has 1 aromatic carbocycles. The van der Waals surface area contributed by atoms with Crippen LogP contribution in [-0.4, -0.2) is 37.8 Å². The molecule has 0 aromatic heterocycles. The van der Waals surface area contributed by atoms with Crippen molar-refractivity contribution in [2.24, 2.45) is 4.99 Å². The highest BCUT2D eigenvalue weighted by Crippen LogP contribution is 2.27. The van der Waals surface area contributed by atoms with Gasteiger partial charge in [-0.25, -0.2) is 4.79 Å². The number of carbonyl (C=O) groups excluding carboxylic acids is 1. The number of anilines is 1. The summed E-state index contributed by atoms with van der Waals surface area (Å²) in [6.45, 7) is 8.62. The smallest absolute Gasteiger partial charge is 0.328 e. The lowest BCUT2D eigenvalue weighted by Gasteiger charge is -2.20. The number of nitrogens with zero attached hydrogens (tertiary/aromatic N) is 3. The van der Waals surface area contributed by atoms with Crippen LogP contribution in [0.5, 0.6) is 5.75 Å². The summed E-state index contributed by atoms with van der Waals surface area (Å²) in [4.78, 5) is 19.9. The summed E-state index contributed by atoms with van der Waals surface area (Å²) < 4.78 is 5.22. The number of rotatable bonds is 5. The number of ether oxygens (including phenoxy) is 1. The highest BCUT2D eigenvalue weighted by molar-refractivity contribution is 5.95. The van der Waals surface area contributed by atoms with Gasteiger partial charge in [0.15, 0.2) is 0 Å². The molecule has 0 aliphatic carbocycles. The Morgan fingerprint density at radius 3 is 2.82 bits per heavy atom. The van der Waals surface area contributed by atoms with E-state index >= 15 is 0 Å². The highest BCUT2D eigenvalue weighted by Gasteiger charge is 2.31. The van der Waals surface area contributed by atoms with Crippen LogP contribution < -0.4 is 9.64 Å². The van der Waals surface area contributed by atoms with Gasteiger partial charge in [0.2, 0.25) is 0 Å². The first kappa shape index (κ1) is 15.8. The number of carbonyl (C=O) groups is 1. The topological polar surface area (TPSA) is 45.1 Å². The standard InChI is InChI=1S/C17H21N3O2/c1-13(8-9-18-3)14(2)19-10-11-20(17(19)21)15-6-5-7-16(12-15)22-4/h5-9,12H,3,10-11H2,1-2,4H3/b9-8-,14-13+. The SMILES string of the molecule is C=N/C=C\C(C)=C(/C)N1CCN(c2cccc(OC)c2)C1=O. The third-order valence-corrected chi connectivity index (χ3v) is 3.78. The number of hydrogen-bond donors (Lipinski definition) is 0. The molecule has 0 N–H and O–H groups in total. The van der Waals surface area contributed by atoms with Gasteiger partial charge in [-0.2, -0.15) is 0 Å². The van der Waals surface area contributed by atoms with Gasteiger partial charge < -0.3 is 4.74 Å². The molecule has 2 rings (SSSR count). The molecule has 5 heteroatoms. The summed E-state index contributed by atoms with van der Waals surface area (Å²) in [6, 6.07) is 7.51. The summed E-state index contributed by atoms with van der Waals surface area (Å²) in [5.41, 5.74) is 2.77. The fourth-order valence-corrected chi connectivity index (χ4v) is 2.36. The molecule has 0 atom stereocenters. The Balaban J connectivity index is 2.22. The molecule has 22 heavy (non-hydrogen) atoms. The molecular formula is C17H21N3O2. The second-order valence-corrected chi connectivity index (χ2v) is 5.05. The number of amides is 2. The van der Waals surface area contributed by atoms with E-state index in [1.807, 2.05) is 44.2 Å². The lowest BCUT2D eigenvalue weighted by molar-refractivity contribution is 0.230. The molecular weight excluding hydrogens is 278 g/mol. The predicted molar refractivity (Wildman–Crippen MR) is 89.5 cm³/mol. The summed E-state index contributed by atoms with van der Waals surface area (Å²) >= 11 is 0. The van der Waals surface area contributed by atoms with Crippen molar-refractivity contribution in [1.82, 2.24) is 4.90 Å².